The largest absolute Gasteiger partial charge is 0.478 e. The van der Waals surface area contributed by atoms with Crippen molar-refractivity contribution in [1.29, 1.82) is 0 Å². The summed E-state index contributed by atoms with van der Waals surface area (Å²) in [6.07, 6.45) is -2.18. The molecule has 1 heterocycles. The first-order valence-corrected chi connectivity index (χ1v) is 17.6. The molecular weight excluding hydrogens is 637 g/mol. The number of rotatable bonds is 10. The molecule has 0 saturated carbocycles. The third-order valence-corrected chi connectivity index (χ3v) is 9.94. The average Bonchev–Trinajstić information content (AvgIpc) is 3.14. The molecule has 3 aromatic carbocycles. The standard InChI is InChI=1S/C35H40N4O6S2/c1-8-46-47-20-25(36-34(44)45-35(4,5)6)31(40)38(7)30-32(41)39(27-19-18-21(2)22(3)28(27)33(42)43)26-17-13-12-16-24(26)29(37-30)23-14-10-9-11-15-23/h9-19,25,30H,8,20H2,1-7H3,(H,36,44)(H,42,43). The molecule has 2 unspecified atom stereocenters. The second-order valence-corrected chi connectivity index (χ2v) is 14.8. The van der Waals surface area contributed by atoms with Gasteiger partial charge in [0.05, 0.1) is 22.6 Å². The number of likely N-dealkylation sites (N-methyl/N-ethyl adjacent to an activating group) is 1. The lowest BCUT2D eigenvalue weighted by Gasteiger charge is -2.32. The van der Waals surface area contributed by atoms with Gasteiger partial charge in [0.25, 0.3) is 5.91 Å². The van der Waals surface area contributed by atoms with Gasteiger partial charge in [-0.15, -0.1) is 0 Å². The number of benzodiazepines with no additional fused rings is 1. The van der Waals surface area contributed by atoms with E-state index in [4.69, 9.17) is 9.73 Å². The van der Waals surface area contributed by atoms with Crippen LogP contribution in [0.2, 0.25) is 0 Å². The van der Waals surface area contributed by atoms with Crippen molar-refractivity contribution in [1.82, 2.24) is 10.2 Å². The Kier molecular flexibility index (Phi) is 11.4. The van der Waals surface area contributed by atoms with E-state index in [0.29, 0.717) is 28.1 Å². The van der Waals surface area contributed by atoms with Crippen LogP contribution in [0.1, 0.15) is 60.3 Å². The van der Waals surface area contributed by atoms with E-state index in [-0.39, 0.29) is 17.0 Å². The zero-order valence-electron chi connectivity index (χ0n) is 27.6. The smallest absolute Gasteiger partial charge is 0.408 e. The summed E-state index contributed by atoms with van der Waals surface area (Å²) in [4.78, 5) is 62.0. The first-order chi connectivity index (χ1) is 22.2. The summed E-state index contributed by atoms with van der Waals surface area (Å²) in [7, 11) is 4.41. The molecule has 0 aromatic heterocycles. The molecule has 3 aromatic rings. The number of amides is 3. The molecule has 3 amide bonds. The second-order valence-electron chi connectivity index (χ2n) is 12.0. The van der Waals surface area contributed by atoms with Crippen molar-refractivity contribution in [2.75, 3.05) is 23.5 Å². The Morgan fingerprint density at radius 2 is 1.66 bits per heavy atom. The van der Waals surface area contributed by atoms with Crippen LogP contribution in [0.25, 0.3) is 0 Å². The number of ether oxygens (including phenoxy) is 1. The number of aromatic carboxylic acids is 1. The molecule has 2 atom stereocenters. The van der Waals surface area contributed by atoms with E-state index in [1.165, 1.54) is 38.4 Å². The van der Waals surface area contributed by atoms with Gasteiger partial charge in [0.2, 0.25) is 12.1 Å². The van der Waals surface area contributed by atoms with Crippen molar-refractivity contribution >= 4 is 62.6 Å². The van der Waals surface area contributed by atoms with Crippen LogP contribution in [0.4, 0.5) is 16.2 Å². The molecule has 12 heteroatoms. The predicted octanol–water partition coefficient (Wildman–Crippen LogP) is 6.60. The quantitative estimate of drug-likeness (QED) is 0.182. The third kappa shape index (κ3) is 8.17. The number of carboxylic acids is 1. The number of carbonyl (C=O) groups excluding carboxylic acids is 3. The highest BCUT2D eigenvalue weighted by Crippen LogP contribution is 2.38. The molecule has 0 aliphatic carbocycles. The minimum absolute atomic E-state index is 0.0264. The molecular formula is C35H40N4O6S2. The van der Waals surface area contributed by atoms with Crippen LogP contribution >= 0.6 is 21.6 Å². The van der Waals surface area contributed by atoms with Gasteiger partial charge in [0.15, 0.2) is 0 Å². The van der Waals surface area contributed by atoms with Crippen molar-refractivity contribution in [3.8, 4) is 0 Å². The van der Waals surface area contributed by atoms with Crippen molar-refractivity contribution in [3.05, 3.63) is 94.5 Å². The second kappa shape index (κ2) is 15.1. The summed E-state index contributed by atoms with van der Waals surface area (Å²) in [6.45, 7) is 10.7. The van der Waals surface area contributed by atoms with Crippen LogP contribution in [0, 0.1) is 13.8 Å². The van der Waals surface area contributed by atoms with Gasteiger partial charge in [0.1, 0.15) is 11.6 Å². The molecule has 0 spiro atoms. The first-order valence-electron chi connectivity index (χ1n) is 15.2. The molecule has 4 rings (SSSR count). The van der Waals surface area contributed by atoms with Gasteiger partial charge >= 0.3 is 12.1 Å². The van der Waals surface area contributed by atoms with Crippen molar-refractivity contribution in [2.24, 2.45) is 4.99 Å². The maximum Gasteiger partial charge on any atom is 0.408 e. The molecule has 47 heavy (non-hydrogen) atoms. The molecule has 0 bridgehead atoms. The predicted molar refractivity (Wildman–Crippen MR) is 189 cm³/mol. The number of anilines is 2. The lowest BCUT2D eigenvalue weighted by Crippen LogP contribution is -2.55. The Hall–Kier alpha value is -4.29. The lowest BCUT2D eigenvalue weighted by molar-refractivity contribution is -0.138. The van der Waals surface area contributed by atoms with E-state index in [0.717, 1.165) is 11.3 Å². The number of aliphatic imine (C=N–C) groups is 1. The summed E-state index contributed by atoms with van der Waals surface area (Å²) in [5.41, 5.74) is 2.78. The molecule has 248 valence electrons. The molecule has 0 saturated heterocycles. The van der Waals surface area contributed by atoms with Crippen LogP contribution < -0.4 is 10.2 Å². The number of alkyl carbamates (subject to hydrolysis) is 1. The number of carboxylic acid groups (broad SMARTS) is 1. The maximum atomic E-state index is 14.8. The summed E-state index contributed by atoms with van der Waals surface area (Å²) in [5, 5.41) is 13.0. The van der Waals surface area contributed by atoms with Gasteiger partial charge in [-0.1, -0.05) is 83.1 Å². The van der Waals surface area contributed by atoms with E-state index in [1.807, 2.05) is 56.3 Å². The average molecular weight is 677 g/mol. The highest BCUT2D eigenvalue weighted by molar-refractivity contribution is 8.76. The summed E-state index contributed by atoms with van der Waals surface area (Å²) in [6, 6.07) is 18.8. The molecule has 0 fully saturated rings. The number of para-hydroxylation sites is 1. The van der Waals surface area contributed by atoms with Crippen molar-refractivity contribution in [3.63, 3.8) is 0 Å². The number of aryl methyl sites for hydroxylation is 1. The number of hydrogen-bond acceptors (Lipinski definition) is 8. The van der Waals surface area contributed by atoms with E-state index in [1.54, 1.807) is 52.0 Å². The number of nitrogens with zero attached hydrogens (tertiary/aromatic N) is 3. The van der Waals surface area contributed by atoms with E-state index < -0.39 is 41.7 Å². The lowest BCUT2D eigenvalue weighted by atomic mass is 9.97. The van der Waals surface area contributed by atoms with E-state index >= 15 is 0 Å². The number of hydrogen-bond donors (Lipinski definition) is 2. The number of benzene rings is 3. The summed E-state index contributed by atoms with van der Waals surface area (Å²) < 4.78 is 5.44. The monoisotopic (exact) mass is 676 g/mol. The molecule has 1 aliphatic rings. The molecule has 1 aliphatic heterocycles. The highest BCUT2D eigenvalue weighted by Gasteiger charge is 2.40. The Labute approximate surface area is 283 Å². The van der Waals surface area contributed by atoms with Gasteiger partial charge in [0, 0.05) is 29.7 Å². The molecule has 2 N–H and O–H groups in total. The van der Waals surface area contributed by atoms with Gasteiger partial charge in [-0.05, 0) is 57.9 Å². The Balaban J connectivity index is 1.90. The number of nitrogens with one attached hydrogen (secondary N) is 1. The fourth-order valence-electron chi connectivity index (χ4n) is 5.13. The normalized spacial score (nSPS) is 15.2. The number of fused-ring (bicyclic) bond motifs is 1. The summed E-state index contributed by atoms with van der Waals surface area (Å²) >= 11 is 0. The van der Waals surface area contributed by atoms with Gasteiger partial charge in [-0.2, -0.15) is 0 Å². The Morgan fingerprint density at radius 1 is 1.00 bits per heavy atom. The minimum atomic E-state index is -1.42. The van der Waals surface area contributed by atoms with Gasteiger partial charge in [-0.25, -0.2) is 14.6 Å². The molecule has 10 nitrogen and oxygen atoms in total. The Bertz CT molecular complexity index is 1690. The van der Waals surface area contributed by atoms with Crippen LogP contribution in [0.3, 0.4) is 0 Å². The first kappa shape index (κ1) is 35.6. The third-order valence-electron chi connectivity index (χ3n) is 7.45. The van der Waals surface area contributed by atoms with Crippen LogP contribution in [-0.2, 0) is 14.3 Å². The fourth-order valence-corrected chi connectivity index (χ4v) is 6.95. The van der Waals surface area contributed by atoms with Crippen molar-refractivity contribution < 1.29 is 29.0 Å². The van der Waals surface area contributed by atoms with Crippen LogP contribution in [0.5, 0.6) is 0 Å². The zero-order chi connectivity index (χ0) is 34.5. The van der Waals surface area contributed by atoms with Crippen molar-refractivity contribution in [2.45, 2.75) is 59.4 Å². The van der Waals surface area contributed by atoms with E-state index in [2.05, 4.69) is 5.32 Å². The SMILES string of the molecule is CCSSCC(NC(=O)OC(C)(C)C)C(=O)N(C)C1N=C(c2ccccc2)c2ccccc2N(c2ccc(C)c(C)c2C(=O)O)C1=O. The molecule has 0 radical (unpaired) electrons. The Morgan fingerprint density at radius 3 is 2.30 bits per heavy atom. The topological polar surface area (TPSA) is 129 Å². The maximum absolute atomic E-state index is 14.8. The van der Waals surface area contributed by atoms with Gasteiger partial charge < -0.3 is 20.1 Å². The minimum Gasteiger partial charge on any atom is -0.478 e. The fraction of sp³-hybridized carbons (Fsp3) is 0.343. The highest BCUT2D eigenvalue weighted by atomic mass is 33.1. The van der Waals surface area contributed by atoms with Gasteiger partial charge in [-0.3, -0.25) is 14.5 Å². The number of carbonyl (C=O) groups is 4. The van der Waals surface area contributed by atoms with Crippen LogP contribution in [0.15, 0.2) is 71.7 Å². The zero-order valence-corrected chi connectivity index (χ0v) is 29.2. The van der Waals surface area contributed by atoms with Crippen LogP contribution in [-0.4, -0.2) is 76.0 Å². The van der Waals surface area contributed by atoms with E-state index in [9.17, 15) is 24.3 Å². The summed E-state index contributed by atoms with van der Waals surface area (Å²) in [5.74, 6) is -1.38.